The van der Waals surface area contributed by atoms with Gasteiger partial charge in [-0.1, -0.05) is 41.4 Å². The highest BCUT2D eigenvalue weighted by Crippen LogP contribution is 2.22. The Morgan fingerprint density at radius 1 is 1.03 bits per heavy atom. The summed E-state index contributed by atoms with van der Waals surface area (Å²) in [5.74, 6) is -0.271. The van der Waals surface area contributed by atoms with E-state index in [2.05, 4.69) is 15.5 Å². The second-order valence-corrected chi connectivity index (χ2v) is 8.67. The Hall–Kier alpha value is -3.45. The van der Waals surface area contributed by atoms with E-state index >= 15 is 0 Å². The molecule has 0 saturated carbocycles. The lowest BCUT2D eigenvalue weighted by atomic mass is 10.1. The number of benzene rings is 2. The van der Waals surface area contributed by atoms with Crippen LogP contribution in [0.15, 0.2) is 53.3 Å². The van der Waals surface area contributed by atoms with Crippen molar-refractivity contribution in [2.24, 2.45) is 0 Å². The van der Waals surface area contributed by atoms with Crippen LogP contribution in [0.1, 0.15) is 35.5 Å². The van der Waals surface area contributed by atoms with Crippen molar-refractivity contribution in [2.45, 2.75) is 40.2 Å². The van der Waals surface area contributed by atoms with Crippen molar-refractivity contribution < 1.29 is 4.79 Å². The molecule has 2 aromatic heterocycles. The molecule has 1 atom stereocenters. The Morgan fingerprint density at radius 2 is 1.70 bits per heavy atom. The maximum absolute atomic E-state index is 13.2. The van der Waals surface area contributed by atoms with Crippen LogP contribution in [0.4, 0.5) is 0 Å². The van der Waals surface area contributed by atoms with Gasteiger partial charge in [-0.05, 0) is 63.9 Å². The molecule has 0 spiro atoms. The number of nitrogens with zero attached hydrogens (tertiary/aromatic N) is 4. The SMILES string of the molecule is Cc1ccc(-n2nc3c(=O)n(C(C)C(=O)NCCc4ccc(Cl)cc4)nc(C)c3c2C)cc1. The summed E-state index contributed by atoms with van der Waals surface area (Å²) in [4.78, 5) is 26.0. The van der Waals surface area contributed by atoms with E-state index in [4.69, 9.17) is 11.6 Å². The molecule has 0 aliphatic rings. The van der Waals surface area contributed by atoms with E-state index in [9.17, 15) is 9.59 Å². The average Bonchev–Trinajstić information content (AvgIpc) is 3.15. The van der Waals surface area contributed by atoms with Crippen molar-refractivity contribution in [3.8, 4) is 5.69 Å². The molecule has 0 radical (unpaired) electrons. The molecule has 7 nitrogen and oxygen atoms in total. The summed E-state index contributed by atoms with van der Waals surface area (Å²) < 4.78 is 2.97. The fourth-order valence-electron chi connectivity index (χ4n) is 3.89. The van der Waals surface area contributed by atoms with E-state index in [1.54, 1.807) is 11.6 Å². The van der Waals surface area contributed by atoms with Crippen LogP contribution in [0, 0.1) is 20.8 Å². The summed E-state index contributed by atoms with van der Waals surface area (Å²) in [5, 5.41) is 13.3. The van der Waals surface area contributed by atoms with E-state index in [1.807, 2.05) is 69.3 Å². The van der Waals surface area contributed by atoms with Gasteiger partial charge in [0.1, 0.15) is 6.04 Å². The number of rotatable bonds is 6. The Kier molecular flexibility index (Phi) is 6.33. The van der Waals surface area contributed by atoms with Gasteiger partial charge in [0.25, 0.3) is 5.56 Å². The van der Waals surface area contributed by atoms with Gasteiger partial charge in [-0.3, -0.25) is 9.59 Å². The fraction of sp³-hybridized carbons (Fsp3) is 0.280. The molecule has 1 amide bonds. The molecule has 0 fully saturated rings. The van der Waals surface area contributed by atoms with Gasteiger partial charge in [0.05, 0.1) is 22.5 Å². The van der Waals surface area contributed by atoms with Crippen LogP contribution in [0.5, 0.6) is 0 Å². The average molecular weight is 464 g/mol. The number of hydrogen-bond donors (Lipinski definition) is 1. The Bertz CT molecular complexity index is 1370. The van der Waals surface area contributed by atoms with Gasteiger partial charge in [0.2, 0.25) is 5.91 Å². The summed E-state index contributed by atoms with van der Waals surface area (Å²) in [6, 6.07) is 14.7. The summed E-state index contributed by atoms with van der Waals surface area (Å²) in [5.41, 5.74) is 4.49. The number of aryl methyl sites for hydroxylation is 3. The van der Waals surface area contributed by atoms with Gasteiger partial charge < -0.3 is 5.32 Å². The topological polar surface area (TPSA) is 81.8 Å². The molecule has 2 aromatic carbocycles. The minimum absolute atomic E-state index is 0.271. The smallest absolute Gasteiger partial charge is 0.295 e. The van der Waals surface area contributed by atoms with Crippen LogP contribution < -0.4 is 10.9 Å². The molecule has 4 aromatic rings. The maximum Gasteiger partial charge on any atom is 0.295 e. The Morgan fingerprint density at radius 3 is 2.36 bits per heavy atom. The quantitative estimate of drug-likeness (QED) is 0.467. The lowest BCUT2D eigenvalue weighted by Crippen LogP contribution is -2.38. The summed E-state index contributed by atoms with van der Waals surface area (Å²) in [6.07, 6.45) is 0.663. The Labute approximate surface area is 197 Å². The zero-order valence-corrected chi connectivity index (χ0v) is 19.8. The predicted octanol–water partition coefficient (Wildman–Crippen LogP) is 4.08. The van der Waals surface area contributed by atoms with E-state index < -0.39 is 6.04 Å². The summed E-state index contributed by atoms with van der Waals surface area (Å²) >= 11 is 5.91. The lowest BCUT2D eigenvalue weighted by molar-refractivity contribution is -0.124. The first-order valence-electron chi connectivity index (χ1n) is 10.8. The first-order chi connectivity index (χ1) is 15.8. The minimum atomic E-state index is -0.768. The van der Waals surface area contributed by atoms with E-state index in [0.717, 1.165) is 22.5 Å². The van der Waals surface area contributed by atoms with Crippen LogP contribution in [-0.4, -0.2) is 32.0 Å². The van der Waals surface area contributed by atoms with E-state index in [0.29, 0.717) is 34.6 Å². The third-order valence-corrected chi connectivity index (χ3v) is 6.05. The number of nitrogens with one attached hydrogen (secondary N) is 1. The lowest BCUT2D eigenvalue weighted by Gasteiger charge is -2.15. The molecule has 0 aliphatic carbocycles. The first kappa shape index (κ1) is 22.7. The normalized spacial score (nSPS) is 12.2. The van der Waals surface area contributed by atoms with Gasteiger partial charge in [-0.25, -0.2) is 9.36 Å². The second kappa shape index (κ2) is 9.19. The maximum atomic E-state index is 13.2. The van der Waals surface area contributed by atoms with Crippen LogP contribution >= 0.6 is 11.6 Å². The highest BCUT2D eigenvalue weighted by Gasteiger charge is 2.23. The third kappa shape index (κ3) is 4.54. The van der Waals surface area contributed by atoms with Crippen molar-refractivity contribution in [1.29, 1.82) is 0 Å². The number of aromatic nitrogens is 4. The van der Waals surface area contributed by atoms with Crippen molar-refractivity contribution in [3.05, 3.63) is 86.4 Å². The van der Waals surface area contributed by atoms with Gasteiger partial charge in [-0.15, -0.1) is 0 Å². The summed E-state index contributed by atoms with van der Waals surface area (Å²) in [7, 11) is 0. The molecule has 0 aliphatic heterocycles. The predicted molar refractivity (Wildman–Crippen MR) is 130 cm³/mol. The highest BCUT2D eigenvalue weighted by molar-refractivity contribution is 6.30. The van der Waals surface area contributed by atoms with Gasteiger partial charge in [-0.2, -0.15) is 10.2 Å². The number of fused-ring (bicyclic) bond motifs is 1. The van der Waals surface area contributed by atoms with Crippen molar-refractivity contribution in [2.75, 3.05) is 6.54 Å². The van der Waals surface area contributed by atoms with E-state index in [1.165, 1.54) is 4.68 Å². The molecule has 0 saturated heterocycles. The molecular formula is C25H26ClN5O2. The van der Waals surface area contributed by atoms with Gasteiger partial charge in [0.15, 0.2) is 5.52 Å². The van der Waals surface area contributed by atoms with E-state index in [-0.39, 0.29) is 11.5 Å². The molecule has 33 heavy (non-hydrogen) atoms. The molecule has 1 N–H and O–H groups in total. The van der Waals surface area contributed by atoms with Crippen LogP contribution in [0.2, 0.25) is 5.02 Å². The van der Waals surface area contributed by atoms with Crippen molar-refractivity contribution in [1.82, 2.24) is 24.9 Å². The molecular weight excluding hydrogens is 438 g/mol. The standard InChI is InChI=1S/C25H26ClN5O2/c1-15-5-11-21(12-6-15)30-17(3)22-16(2)28-31(25(33)23(22)29-30)18(4)24(32)27-14-13-19-7-9-20(26)10-8-19/h5-12,18H,13-14H2,1-4H3,(H,27,32). The second-order valence-electron chi connectivity index (χ2n) is 8.23. The number of hydrogen-bond acceptors (Lipinski definition) is 4. The van der Waals surface area contributed by atoms with Gasteiger partial charge >= 0.3 is 0 Å². The minimum Gasteiger partial charge on any atom is -0.354 e. The van der Waals surface area contributed by atoms with Gasteiger partial charge in [0, 0.05) is 11.6 Å². The number of halogens is 1. The van der Waals surface area contributed by atoms with Crippen LogP contribution in [0.25, 0.3) is 16.6 Å². The molecule has 0 bridgehead atoms. The zero-order valence-electron chi connectivity index (χ0n) is 19.1. The zero-order chi connectivity index (χ0) is 23.7. The Balaban J connectivity index is 1.58. The van der Waals surface area contributed by atoms with Crippen LogP contribution in [0.3, 0.4) is 0 Å². The monoisotopic (exact) mass is 463 g/mol. The number of carbonyl (C=O) groups excluding carboxylic acids is 1. The van der Waals surface area contributed by atoms with Crippen molar-refractivity contribution >= 4 is 28.4 Å². The number of amides is 1. The molecule has 2 heterocycles. The van der Waals surface area contributed by atoms with Crippen LogP contribution in [-0.2, 0) is 11.2 Å². The molecule has 1 unspecified atom stereocenters. The fourth-order valence-corrected chi connectivity index (χ4v) is 4.02. The largest absolute Gasteiger partial charge is 0.354 e. The molecule has 8 heteroatoms. The summed E-state index contributed by atoms with van der Waals surface area (Å²) in [6.45, 7) is 7.88. The molecule has 170 valence electrons. The number of carbonyl (C=O) groups is 1. The first-order valence-corrected chi connectivity index (χ1v) is 11.2. The highest BCUT2D eigenvalue weighted by atomic mass is 35.5. The third-order valence-electron chi connectivity index (χ3n) is 5.80. The van der Waals surface area contributed by atoms with Crippen molar-refractivity contribution in [3.63, 3.8) is 0 Å². The molecule has 4 rings (SSSR count).